The maximum atomic E-state index is 11.8. The maximum Gasteiger partial charge on any atom is 0.303 e. The molecule has 0 saturated heterocycles. The molecular formula is C10H12ClNO3S. The van der Waals surface area contributed by atoms with E-state index in [0.717, 1.165) is 0 Å². The number of carboxylic acids is 1. The van der Waals surface area contributed by atoms with E-state index in [1.54, 1.807) is 18.5 Å². The van der Waals surface area contributed by atoms with E-state index in [1.165, 1.54) is 16.2 Å². The van der Waals surface area contributed by atoms with Crippen molar-refractivity contribution in [1.29, 1.82) is 0 Å². The van der Waals surface area contributed by atoms with Gasteiger partial charge < -0.3 is 10.0 Å². The summed E-state index contributed by atoms with van der Waals surface area (Å²) in [6.45, 7) is 0.431. The zero-order valence-corrected chi connectivity index (χ0v) is 10.3. The monoisotopic (exact) mass is 261 g/mol. The van der Waals surface area contributed by atoms with Crippen molar-refractivity contribution in [3.05, 3.63) is 21.3 Å². The van der Waals surface area contributed by atoms with Gasteiger partial charge in [-0.3, -0.25) is 9.59 Å². The van der Waals surface area contributed by atoms with Gasteiger partial charge in [0.1, 0.15) is 0 Å². The summed E-state index contributed by atoms with van der Waals surface area (Å²) in [5.74, 6) is -0.970. The fourth-order valence-electron chi connectivity index (χ4n) is 1.18. The van der Waals surface area contributed by atoms with Gasteiger partial charge in [-0.25, -0.2) is 0 Å². The number of nitrogens with zero attached hydrogens (tertiary/aromatic N) is 1. The van der Waals surface area contributed by atoms with Crippen molar-refractivity contribution in [1.82, 2.24) is 4.90 Å². The summed E-state index contributed by atoms with van der Waals surface area (Å²) in [4.78, 5) is 24.1. The van der Waals surface area contributed by atoms with Crippen LogP contribution >= 0.6 is 22.9 Å². The summed E-state index contributed by atoms with van der Waals surface area (Å²) >= 11 is 7.00. The van der Waals surface area contributed by atoms with Crippen LogP contribution in [0, 0.1) is 0 Å². The SMILES string of the molecule is CN(CCCC(=O)O)C(=O)c1cc(Cl)cs1. The molecule has 0 aromatic carbocycles. The van der Waals surface area contributed by atoms with Crippen molar-refractivity contribution < 1.29 is 14.7 Å². The summed E-state index contributed by atoms with van der Waals surface area (Å²) in [7, 11) is 1.65. The van der Waals surface area contributed by atoms with Crippen molar-refractivity contribution in [2.24, 2.45) is 0 Å². The molecule has 0 aliphatic rings. The Balaban J connectivity index is 2.45. The van der Waals surface area contributed by atoms with Crippen LogP contribution in [0.3, 0.4) is 0 Å². The highest BCUT2D eigenvalue weighted by Crippen LogP contribution is 2.20. The van der Waals surface area contributed by atoms with Crippen molar-refractivity contribution in [2.45, 2.75) is 12.8 Å². The molecule has 0 atom stereocenters. The van der Waals surface area contributed by atoms with Crippen LogP contribution in [-0.2, 0) is 4.79 Å². The van der Waals surface area contributed by atoms with Crippen molar-refractivity contribution in [3.8, 4) is 0 Å². The summed E-state index contributed by atoms with van der Waals surface area (Å²) in [6.07, 6.45) is 0.527. The third-order valence-corrected chi connectivity index (χ3v) is 3.27. The standard InChI is InChI=1S/C10H12ClNO3S/c1-12(4-2-3-9(13)14)10(15)8-5-7(11)6-16-8/h5-6H,2-4H2,1H3,(H,13,14). The number of aliphatic carboxylic acids is 1. The number of carbonyl (C=O) groups is 2. The smallest absolute Gasteiger partial charge is 0.303 e. The number of carbonyl (C=O) groups excluding carboxylic acids is 1. The number of hydrogen-bond acceptors (Lipinski definition) is 3. The molecule has 1 heterocycles. The van der Waals surface area contributed by atoms with Gasteiger partial charge in [-0.1, -0.05) is 11.6 Å². The highest BCUT2D eigenvalue weighted by molar-refractivity contribution is 7.12. The van der Waals surface area contributed by atoms with Gasteiger partial charge in [0.2, 0.25) is 0 Å². The fourth-order valence-corrected chi connectivity index (χ4v) is 2.25. The molecular weight excluding hydrogens is 250 g/mol. The highest BCUT2D eigenvalue weighted by Gasteiger charge is 2.13. The number of hydrogen-bond donors (Lipinski definition) is 1. The first kappa shape index (κ1) is 13.0. The summed E-state index contributed by atoms with van der Waals surface area (Å²) < 4.78 is 0. The number of carboxylic acid groups (broad SMARTS) is 1. The molecule has 88 valence electrons. The second kappa shape index (κ2) is 5.86. The van der Waals surface area contributed by atoms with E-state index in [4.69, 9.17) is 16.7 Å². The number of halogens is 1. The minimum absolute atomic E-state index is 0.0722. The first-order valence-corrected chi connectivity index (χ1v) is 5.97. The lowest BCUT2D eigenvalue weighted by Gasteiger charge is -2.15. The second-order valence-corrected chi connectivity index (χ2v) is 4.70. The molecule has 0 fully saturated rings. The number of rotatable bonds is 5. The normalized spacial score (nSPS) is 10.1. The molecule has 1 amide bonds. The Bertz CT molecular complexity index is 391. The molecule has 0 aliphatic carbocycles. The van der Waals surface area contributed by atoms with Crippen molar-refractivity contribution in [3.63, 3.8) is 0 Å². The van der Waals surface area contributed by atoms with E-state index in [9.17, 15) is 9.59 Å². The van der Waals surface area contributed by atoms with Crippen molar-refractivity contribution in [2.75, 3.05) is 13.6 Å². The third kappa shape index (κ3) is 3.83. The fraction of sp³-hybridized carbons (Fsp3) is 0.400. The van der Waals surface area contributed by atoms with Crippen LogP contribution in [-0.4, -0.2) is 35.5 Å². The van der Waals surface area contributed by atoms with E-state index < -0.39 is 5.97 Å². The van der Waals surface area contributed by atoms with Crippen LogP contribution < -0.4 is 0 Å². The Kier molecular flexibility index (Phi) is 4.76. The van der Waals surface area contributed by atoms with Gasteiger partial charge >= 0.3 is 5.97 Å². The lowest BCUT2D eigenvalue weighted by molar-refractivity contribution is -0.137. The molecule has 1 N–H and O–H groups in total. The van der Waals surface area contributed by atoms with Gasteiger partial charge in [-0.05, 0) is 12.5 Å². The molecule has 0 radical (unpaired) electrons. The second-order valence-electron chi connectivity index (χ2n) is 3.35. The lowest BCUT2D eigenvalue weighted by atomic mass is 10.3. The first-order chi connectivity index (χ1) is 7.50. The predicted octanol–water partition coefficient (Wildman–Crippen LogP) is 2.34. The quantitative estimate of drug-likeness (QED) is 0.885. The molecule has 0 saturated carbocycles. The molecule has 1 rings (SSSR count). The van der Waals surface area contributed by atoms with Crippen LogP contribution in [0.25, 0.3) is 0 Å². The van der Waals surface area contributed by atoms with Crippen molar-refractivity contribution >= 4 is 34.8 Å². The Hall–Kier alpha value is -1.07. The van der Waals surface area contributed by atoms with Gasteiger partial charge in [0.15, 0.2) is 0 Å². The van der Waals surface area contributed by atoms with E-state index in [2.05, 4.69) is 0 Å². The topological polar surface area (TPSA) is 57.6 Å². The molecule has 0 aliphatic heterocycles. The van der Waals surface area contributed by atoms with E-state index in [1.807, 2.05) is 0 Å². The average molecular weight is 262 g/mol. The van der Waals surface area contributed by atoms with Crippen LogP contribution in [0.1, 0.15) is 22.5 Å². The van der Waals surface area contributed by atoms with Crippen LogP contribution in [0.5, 0.6) is 0 Å². The Morgan fingerprint density at radius 3 is 2.75 bits per heavy atom. The van der Waals surface area contributed by atoms with Crippen LogP contribution in [0.4, 0.5) is 0 Å². The van der Waals surface area contributed by atoms with Gasteiger partial charge in [-0.2, -0.15) is 0 Å². The lowest BCUT2D eigenvalue weighted by Crippen LogP contribution is -2.27. The number of thiophene rings is 1. The molecule has 0 bridgehead atoms. The molecule has 6 heteroatoms. The maximum absolute atomic E-state index is 11.8. The van der Waals surface area contributed by atoms with Crippen LogP contribution in [0.2, 0.25) is 5.02 Å². The van der Waals surface area contributed by atoms with Gasteiger partial charge in [-0.15, -0.1) is 11.3 Å². The Morgan fingerprint density at radius 2 is 2.25 bits per heavy atom. The summed E-state index contributed by atoms with van der Waals surface area (Å²) in [5.41, 5.74) is 0. The molecule has 16 heavy (non-hydrogen) atoms. The molecule has 1 aromatic rings. The first-order valence-electron chi connectivity index (χ1n) is 4.72. The van der Waals surface area contributed by atoms with E-state index >= 15 is 0 Å². The summed E-state index contributed by atoms with van der Waals surface area (Å²) in [6, 6.07) is 1.61. The number of amides is 1. The summed E-state index contributed by atoms with van der Waals surface area (Å²) in [5, 5.41) is 10.7. The Labute approximate surface area is 102 Å². The van der Waals surface area contributed by atoms with E-state index in [-0.39, 0.29) is 12.3 Å². The molecule has 4 nitrogen and oxygen atoms in total. The minimum Gasteiger partial charge on any atom is -0.481 e. The van der Waals surface area contributed by atoms with Gasteiger partial charge in [0.25, 0.3) is 5.91 Å². The van der Waals surface area contributed by atoms with Crippen LogP contribution in [0.15, 0.2) is 11.4 Å². The zero-order chi connectivity index (χ0) is 12.1. The van der Waals surface area contributed by atoms with Gasteiger partial charge in [0, 0.05) is 25.4 Å². The minimum atomic E-state index is -0.847. The molecule has 0 spiro atoms. The van der Waals surface area contributed by atoms with E-state index in [0.29, 0.717) is 22.9 Å². The highest BCUT2D eigenvalue weighted by atomic mass is 35.5. The Morgan fingerprint density at radius 1 is 1.56 bits per heavy atom. The molecule has 1 aromatic heterocycles. The largest absolute Gasteiger partial charge is 0.481 e. The van der Waals surface area contributed by atoms with Gasteiger partial charge in [0.05, 0.1) is 9.90 Å². The molecule has 0 unspecified atom stereocenters. The third-order valence-electron chi connectivity index (χ3n) is 2.01. The average Bonchev–Trinajstić information content (AvgIpc) is 2.63. The predicted molar refractivity (Wildman–Crippen MR) is 63.2 cm³/mol. The zero-order valence-electron chi connectivity index (χ0n) is 8.77.